The fraction of sp³-hybridized carbons (Fsp3) is 0.346. The first kappa shape index (κ1) is 22.6. The monoisotopic (exact) mass is 478 g/mol. The number of hydrogen-bond acceptors (Lipinski definition) is 5. The Balaban J connectivity index is 1.21. The number of fused-ring (bicyclic) bond motifs is 2. The maximum atomic E-state index is 12.6. The summed E-state index contributed by atoms with van der Waals surface area (Å²) in [6.45, 7) is 2.11. The first-order valence-corrected chi connectivity index (χ1v) is 12.1. The van der Waals surface area contributed by atoms with Crippen LogP contribution in [0.2, 0.25) is 5.02 Å². The highest BCUT2D eigenvalue weighted by molar-refractivity contribution is 6.31. The Hall–Kier alpha value is -3.16. The molecule has 0 atom stereocenters. The Labute approximate surface area is 202 Å². The van der Waals surface area contributed by atoms with E-state index < -0.39 is 5.91 Å². The van der Waals surface area contributed by atoms with Crippen molar-refractivity contribution >= 4 is 34.1 Å². The predicted molar refractivity (Wildman–Crippen MR) is 132 cm³/mol. The fourth-order valence-electron chi connectivity index (χ4n) is 4.59. The highest BCUT2D eigenvalue weighted by Crippen LogP contribution is 2.23. The van der Waals surface area contributed by atoms with E-state index >= 15 is 0 Å². The zero-order valence-corrected chi connectivity index (χ0v) is 19.6. The Morgan fingerprint density at radius 3 is 2.79 bits per heavy atom. The average molecular weight is 479 g/mol. The van der Waals surface area contributed by atoms with Crippen LogP contribution in [0.3, 0.4) is 0 Å². The number of imidazole rings is 1. The van der Waals surface area contributed by atoms with Crippen molar-refractivity contribution in [2.45, 2.75) is 45.2 Å². The van der Waals surface area contributed by atoms with E-state index in [0.29, 0.717) is 16.0 Å². The van der Waals surface area contributed by atoms with Crippen molar-refractivity contribution in [2.75, 3.05) is 6.54 Å². The summed E-state index contributed by atoms with van der Waals surface area (Å²) in [4.78, 5) is 29.5. The summed E-state index contributed by atoms with van der Waals surface area (Å²) < 4.78 is 7.57. The molecule has 1 fully saturated rings. The second-order valence-corrected chi connectivity index (χ2v) is 9.40. The summed E-state index contributed by atoms with van der Waals surface area (Å²) in [6, 6.07) is 9.97. The summed E-state index contributed by atoms with van der Waals surface area (Å²) in [5.74, 6) is 0.277. The van der Waals surface area contributed by atoms with Gasteiger partial charge < -0.3 is 19.5 Å². The molecule has 1 aliphatic carbocycles. The van der Waals surface area contributed by atoms with E-state index in [2.05, 4.69) is 27.9 Å². The third-order valence-corrected chi connectivity index (χ3v) is 6.63. The van der Waals surface area contributed by atoms with Crippen molar-refractivity contribution in [1.29, 1.82) is 0 Å². The number of nitrogens with one attached hydrogen (secondary N) is 2. The van der Waals surface area contributed by atoms with E-state index in [1.165, 1.54) is 49.8 Å². The summed E-state index contributed by atoms with van der Waals surface area (Å²) in [7, 11) is 0. The lowest BCUT2D eigenvalue weighted by Gasteiger charge is -2.21. The number of carbonyl (C=O) groups is 1. The molecule has 0 bridgehead atoms. The van der Waals surface area contributed by atoms with Gasteiger partial charge >= 0.3 is 0 Å². The molecule has 2 N–H and O–H groups in total. The number of aromatic nitrogens is 2. The lowest BCUT2D eigenvalue weighted by atomic mass is 9.89. The predicted octanol–water partition coefficient (Wildman–Crippen LogP) is 4.69. The van der Waals surface area contributed by atoms with Crippen molar-refractivity contribution in [3.63, 3.8) is 0 Å². The van der Waals surface area contributed by atoms with E-state index in [1.54, 1.807) is 12.1 Å². The molecule has 0 spiro atoms. The van der Waals surface area contributed by atoms with Gasteiger partial charge in [-0.25, -0.2) is 4.98 Å². The third-order valence-electron chi connectivity index (χ3n) is 6.39. The lowest BCUT2D eigenvalue weighted by molar-refractivity contribution is 0.0923. The highest BCUT2D eigenvalue weighted by Gasteiger charge is 2.14. The number of halogens is 1. The Morgan fingerprint density at radius 1 is 1.09 bits per heavy atom. The standard InChI is InChI=1S/C26H27ClN4O3/c27-19-7-8-23-21(10-19)22(32)11-24(34-23)26(33)29-14-20-16-31-15-18(6-9-25(31)30-20)13-28-12-17-4-2-1-3-5-17/h6-11,15-17,28H,1-5,12-14H2,(H,29,33). The molecule has 8 heteroatoms. The van der Waals surface area contributed by atoms with Gasteiger partial charge in [-0.3, -0.25) is 9.59 Å². The van der Waals surface area contributed by atoms with E-state index in [4.69, 9.17) is 16.0 Å². The van der Waals surface area contributed by atoms with Crippen molar-refractivity contribution in [2.24, 2.45) is 5.92 Å². The Bertz CT molecular complexity index is 1390. The van der Waals surface area contributed by atoms with Crippen LogP contribution in [0.15, 0.2) is 58.0 Å². The molecule has 1 amide bonds. The quantitative estimate of drug-likeness (QED) is 0.402. The molecule has 5 rings (SSSR count). The normalized spacial score (nSPS) is 14.6. The molecule has 7 nitrogen and oxygen atoms in total. The summed E-state index contributed by atoms with van der Waals surface area (Å²) in [5, 5.41) is 7.14. The van der Waals surface area contributed by atoms with Crippen LogP contribution >= 0.6 is 11.6 Å². The topological polar surface area (TPSA) is 88.6 Å². The molecule has 4 aromatic rings. The molecule has 0 radical (unpaired) electrons. The van der Waals surface area contributed by atoms with Crippen molar-refractivity contribution < 1.29 is 9.21 Å². The summed E-state index contributed by atoms with van der Waals surface area (Å²) in [6.07, 6.45) is 10.7. The first-order chi connectivity index (χ1) is 16.5. The molecule has 1 saturated carbocycles. The number of benzene rings is 1. The molecule has 1 aromatic carbocycles. The smallest absolute Gasteiger partial charge is 0.287 e. The average Bonchev–Trinajstić information content (AvgIpc) is 3.26. The Morgan fingerprint density at radius 2 is 1.94 bits per heavy atom. The van der Waals surface area contributed by atoms with E-state index in [-0.39, 0.29) is 17.7 Å². The van der Waals surface area contributed by atoms with Crippen molar-refractivity contribution in [3.05, 3.63) is 81.1 Å². The van der Waals surface area contributed by atoms with Crippen molar-refractivity contribution in [3.8, 4) is 0 Å². The van der Waals surface area contributed by atoms with E-state index in [0.717, 1.165) is 30.3 Å². The maximum absolute atomic E-state index is 12.6. The fourth-order valence-corrected chi connectivity index (χ4v) is 4.76. The highest BCUT2D eigenvalue weighted by atomic mass is 35.5. The van der Waals surface area contributed by atoms with Gasteiger partial charge in [0, 0.05) is 30.0 Å². The minimum absolute atomic E-state index is 0.0464. The summed E-state index contributed by atoms with van der Waals surface area (Å²) >= 11 is 5.94. The molecule has 3 aromatic heterocycles. The van der Waals surface area contributed by atoms with Gasteiger partial charge in [0.2, 0.25) is 0 Å². The number of nitrogens with zero attached hydrogens (tertiary/aromatic N) is 2. The minimum atomic E-state index is -0.474. The maximum Gasteiger partial charge on any atom is 0.287 e. The van der Waals surface area contributed by atoms with Gasteiger partial charge in [0.1, 0.15) is 11.2 Å². The second-order valence-electron chi connectivity index (χ2n) is 8.97. The number of amides is 1. The molecule has 0 unspecified atom stereocenters. The van der Waals surface area contributed by atoms with Crippen LogP contribution in [0.4, 0.5) is 0 Å². The number of pyridine rings is 1. The zero-order valence-electron chi connectivity index (χ0n) is 18.9. The summed E-state index contributed by atoms with van der Waals surface area (Å²) in [5.41, 5.74) is 2.73. The second kappa shape index (κ2) is 9.99. The minimum Gasteiger partial charge on any atom is -0.451 e. The van der Waals surface area contributed by atoms with Crippen LogP contribution in [0.1, 0.15) is 53.9 Å². The van der Waals surface area contributed by atoms with Crippen LogP contribution < -0.4 is 16.1 Å². The van der Waals surface area contributed by atoms with Crippen LogP contribution in [0, 0.1) is 5.92 Å². The number of carbonyl (C=O) groups excluding carboxylic acids is 1. The van der Waals surface area contributed by atoms with Crippen LogP contribution in [-0.2, 0) is 13.1 Å². The lowest BCUT2D eigenvalue weighted by Crippen LogP contribution is -2.24. The third kappa shape index (κ3) is 5.16. The van der Waals surface area contributed by atoms with Gasteiger partial charge in [-0.2, -0.15) is 0 Å². The number of rotatable bonds is 7. The zero-order chi connectivity index (χ0) is 23.5. The molecule has 3 heterocycles. The number of hydrogen-bond donors (Lipinski definition) is 2. The molecule has 0 aliphatic heterocycles. The van der Waals surface area contributed by atoms with E-state index in [9.17, 15) is 9.59 Å². The van der Waals surface area contributed by atoms with Gasteiger partial charge in [-0.1, -0.05) is 36.9 Å². The SMILES string of the molecule is O=C(NCc1cn2cc(CNCC3CCCCC3)ccc2n1)c1cc(=O)c2cc(Cl)ccc2o1. The molecule has 34 heavy (non-hydrogen) atoms. The van der Waals surface area contributed by atoms with Gasteiger partial charge in [0.05, 0.1) is 17.6 Å². The van der Waals surface area contributed by atoms with Gasteiger partial charge in [-0.05, 0) is 55.1 Å². The van der Waals surface area contributed by atoms with Crippen LogP contribution in [0.25, 0.3) is 16.6 Å². The first-order valence-electron chi connectivity index (χ1n) is 11.7. The van der Waals surface area contributed by atoms with Crippen LogP contribution in [0.5, 0.6) is 0 Å². The van der Waals surface area contributed by atoms with Crippen molar-refractivity contribution in [1.82, 2.24) is 20.0 Å². The van der Waals surface area contributed by atoms with E-state index in [1.807, 2.05) is 16.7 Å². The van der Waals surface area contributed by atoms with Crippen LogP contribution in [-0.4, -0.2) is 21.8 Å². The Kier molecular flexibility index (Phi) is 6.65. The van der Waals surface area contributed by atoms with Gasteiger partial charge in [-0.15, -0.1) is 0 Å². The molecular weight excluding hydrogens is 452 g/mol. The largest absolute Gasteiger partial charge is 0.451 e. The molecular formula is C26H27ClN4O3. The molecule has 0 saturated heterocycles. The van der Waals surface area contributed by atoms with Gasteiger partial charge in [0.25, 0.3) is 5.91 Å². The molecule has 1 aliphatic rings. The molecule has 176 valence electrons. The van der Waals surface area contributed by atoms with Gasteiger partial charge in [0.15, 0.2) is 11.2 Å².